The SMILES string of the molecule is c1ccc2[nH]c(-n3cnc4cncnc43)nc2c1. The van der Waals surface area contributed by atoms with Crippen LogP contribution in [0, 0.1) is 0 Å². The quantitative estimate of drug-likeness (QED) is 0.546. The maximum Gasteiger partial charge on any atom is 0.215 e. The highest BCUT2D eigenvalue weighted by Crippen LogP contribution is 2.16. The summed E-state index contributed by atoms with van der Waals surface area (Å²) in [6.07, 6.45) is 4.88. The molecule has 1 N–H and O–H groups in total. The number of benzene rings is 1. The number of hydrogen-bond acceptors (Lipinski definition) is 4. The first-order chi connectivity index (χ1) is 8.92. The Labute approximate surface area is 101 Å². The summed E-state index contributed by atoms with van der Waals surface area (Å²) >= 11 is 0. The first-order valence-corrected chi connectivity index (χ1v) is 5.50. The average molecular weight is 236 g/mol. The van der Waals surface area contributed by atoms with Crippen LogP contribution in [0.5, 0.6) is 0 Å². The number of imidazole rings is 2. The van der Waals surface area contributed by atoms with Crippen LogP contribution < -0.4 is 0 Å². The van der Waals surface area contributed by atoms with E-state index < -0.39 is 0 Å². The summed E-state index contributed by atoms with van der Waals surface area (Å²) in [7, 11) is 0. The molecule has 86 valence electrons. The zero-order valence-electron chi connectivity index (χ0n) is 9.28. The number of H-pyrrole nitrogens is 1. The summed E-state index contributed by atoms with van der Waals surface area (Å²) < 4.78 is 1.82. The van der Waals surface area contributed by atoms with E-state index in [1.807, 2.05) is 28.8 Å². The molecule has 6 nitrogen and oxygen atoms in total. The molecule has 0 amide bonds. The van der Waals surface area contributed by atoms with Crippen LogP contribution in [0.4, 0.5) is 0 Å². The van der Waals surface area contributed by atoms with Crippen molar-refractivity contribution >= 4 is 22.2 Å². The molecular formula is C12H8N6. The number of aromatic nitrogens is 6. The van der Waals surface area contributed by atoms with Gasteiger partial charge in [-0.25, -0.2) is 19.9 Å². The van der Waals surface area contributed by atoms with Crippen molar-refractivity contribution < 1.29 is 0 Å². The summed E-state index contributed by atoms with van der Waals surface area (Å²) in [4.78, 5) is 20.2. The molecule has 0 fully saturated rings. The average Bonchev–Trinajstić information content (AvgIpc) is 3.02. The second-order valence-electron chi connectivity index (χ2n) is 3.92. The van der Waals surface area contributed by atoms with Gasteiger partial charge in [-0.2, -0.15) is 0 Å². The van der Waals surface area contributed by atoms with E-state index >= 15 is 0 Å². The Kier molecular flexibility index (Phi) is 1.74. The highest BCUT2D eigenvalue weighted by atomic mass is 15.2. The zero-order chi connectivity index (χ0) is 11.9. The van der Waals surface area contributed by atoms with Gasteiger partial charge in [0, 0.05) is 0 Å². The maximum absolute atomic E-state index is 4.51. The second-order valence-corrected chi connectivity index (χ2v) is 3.92. The van der Waals surface area contributed by atoms with Crippen molar-refractivity contribution in [2.45, 2.75) is 0 Å². The fourth-order valence-corrected chi connectivity index (χ4v) is 1.98. The van der Waals surface area contributed by atoms with Gasteiger partial charge < -0.3 is 4.98 Å². The van der Waals surface area contributed by atoms with E-state index in [0.717, 1.165) is 22.2 Å². The number of para-hydroxylation sites is 2. The minimum atomic E-state index is 0.706. The zero-order valence-corrected chi connectivity index (χ0v) is 9.28. The Morgan fingerprint density at radius 1 is 1.06 bits per heavy atom. The number of fused-ring (bicyclic) bond motifs is 2. The minimum absolute atomic E-state index is 0.706. The van der Waals surface area contributed by atoms with Gasteiger partial charge in [-0.05, 0) is 12.1 Å². The number of rotatable bonds is 1. The molecule has 0 radical (unpaired) electrons. The Morgan fingerprint density at radius 2 is 2.00 bits per heavy atom. The molecule has 3 aromatic heterocycles. The molecule has 0 saturated carbocycles. The predicted octanol–water partition coefficient (Wildman–Crippen LogP) is 1.69. The van der Waals surface area contributed by atoms with Crippen LogP contribution in [0.3, 0.4) is 0 Å². The van der Waals surface area contributed by atoms with Gasteiger partial charge in [0.15, 0.2) is 5.65 Å². The molecule has 0 saturated heterocycles. The molecule has 3 heterocycles. The van der Waals surface area contributed by atoms with Crippen molar-refractivity contribution in [2.24, 2.45) is 0 Å². The van der Waals surface area contributed by atoms with Gasteiger partial charge >= 0.3 is 0 Å². The molecule has 0 unspecified atom stereocenters. The van der Waals surface area contributed by atoms with E-state index in [2.05, 4.69) is 24.9 Å². The van der Waals surface area contributed by atoms with Crippen LogP contribution in [-0.2, 0) is 0 Å². The molecule has 1 aromatic carbocycles. The normalized spacial score (nSPS) is 11.3. The third-order valence-corrected chi connectivity index (χ3v) is 2.82. The third-order valence-electron chi connectivity index (χ3n) is 2.82. The summed E-state index contributed by atoms with van der Waals surface area (Å²) in [5, 5.41) is 0. The van der Waals surface area contributed by atoms with Gasteiger partial charge in [0.25, 0.3) is 0 Å². The monoisotopic (exact) mass is 236 g/mol. The molecule has 0 spiro atoms. The highest BCUT2D eigenvalue weighted by Gasteiger charge is 2.09. The molecule has 6 heteroatoms. The van der Waals surface area contributed by atoms with E-state index in [0.29, 0.717) is 5.95 Å². The second kappa shape index (κ2) is 3.36. The number of aromatic amines is 1. The smallest absolute Gasteiger partial charge is 0.215 e. The largest absolute Gasteiger partial charge is 0.323 e. The maximum atomic E-state index is 4.51. The van der Waals surface area contributed by atoms with Crippen LogP contribution in [0.2, 0.25) is 0 Å². The third kappa shape index (κ3) is 1.22. The summed E-state index contributed by atoms with van der Waals surface area (Å²) in [5.41, 5.74) is 3.40. The number of nitrogens with zero attached hydrogens (tertiary/aromatic N) is 5. The van der Waals surface area contributed by atoms with Crippen LogP contribution in [0.25, 0.3) is 28.1 Å². The van der Waals surface area contributed by atoms with Gasteiger partial charge in [0.1, 0.15) is 18.2 Å². The summed E-state index contributed by atoms with van der Waals surface area (Å²) in [6, 6.07) is 7.88. The lowest BCUT2D eigenvalue weighted by Gasteiger charge is -1.96. The van der Waals surface area contributed by atoms with Crippen LogP contribution >= 0.6 is 0 Å². The fourth-order valence-electron chi connectivity index (χ4n) is 1.98. The molecule has 4 aromatic rings. The Hall–Kier alpha value is -2.76. The van der Waals surface area contributed by atoms with Crippen LogP contribution in [0.15, 0.2) is 43.1 Å². The summed E-state index contributed by atoms with van der Waals surface area (Å²) in [6.45, 7) is 0. The molecule has 0 atom stereocenters. The van der Waals surface area contributed by atoms with Gasteiger partial charge in [-0.3, -0.25) is 4.57 Å². The lowest BCUT2D eigenvalue weighted by molar-refractivity contribution is 0.977. The van der Waals surface area contributed by atoms with Crippen molar-refractivity contribution in [3.63, 3.8) is 0 Å². The van der Waals surface area contributed by atoms with E-state index in [1.54, 1.807) is 12.5 Å². The van der Waals surface area contributed by atoms with E-state index in [9.17, 15) is 0 Å². The molecule has 0 bridgehead atoms. The van der Waals surface area contributed by atoms with Gasteiger partial charge in [0.2, 0.25) is 5.95 Å². The van der Waals surface area contributed by atoms with Crippen molar-refractivity contribution in [1.29, 1.82) is 0 Å². The molecule has 0 aliphatic carbocycles. The standard InChI is InChI=1S/C12H8N6/c1-2-4-9-8(3-1)16-12(17-9)18-7-15-10-5-13-6-14-11(10)18/h1-7H,(H,16,17). The van der Waals surface area contributed by atoms with E-state index in [-0.39, 0.29) is 0 Å². The predicted molar refractivity (Wildman–Crippen MR) is 66.3 cm³/mol. The van der Waals surface area contributed by atoms with Crippen molar-refractivity contribution in [3.8, 4) is 5.95 Å². The molecule has 4 rings (SSSR count). The van der Waals surface area contributed by atoms with Crippen molar-refractivity contribution in [2.75, 3.05) is 0 Å². The Morgan fingerprint density at radius 3 is 2.94 bits per heavy atom. The fraction of sp³-hybridized carbons (Fsp3) is 0. The van der Waals surface area contributed by atoms with E-state index in [4.69, 9.17) is 0 Å². The highest BCUT2D eigenvalue weighted by molar-refractivity contribution is 5.77. The lowest BCUT2D eigenvalue weighted by Crippen LogP contribution is -1.95. The molecule has 18 heavy (non-hydrogen) atoms. The van der Waals surface area contributed by atoms with Gasteiger partial charge in [-0.15, -0.1) is 0 Å². The minimum Gasteiger partial charge on any atom is -0.323 e. The molecular weight excluding hydrogens is 228 g/mol. The van der Waals surface area contributed by atoms with Crippen LogP contribution in [-0.4, -0.2) is 29.5 Å². The first-order valence-electron chi connectivity index (χ1n) is 5.50. The van der Waals surface area contributed by atoms with Crippen molar-refractivity contribution in [3.05, 3.63) is 43.1 Å². The molecule has 0 aliphatic rings. The topological polar surface area (TPSA) is 72.3 Å². The van der Waals surface area contributed by atoms with Gasteiger partial charge in [0.05, 0.1) is 17.2 Å². The van der Waals surface area contributed by atoms with Crippen LogP contribution in [0.1, 0.15) is 0 Å². The molecule has 0 aliphatic heterocycles. The van der Waals surface area contributed by atoms with E-state index in [1.165, 1.54) is 6.33 Å². The number of nitrogens with one attached hydrogen (secondary N) is 1. The Balaban J connectivity index is 2.01. The van der Waals surface area contributed by atoms with Gasteiger partial charge in [-0.1, -0.05) is 12.1 Å². The number of hydrogen-bond donors (Lipinski definition) is 1. The first kappa shape index (κ1) is 9.29. The summed E-state index contributed by atoms with van der Waals surface area (Å²) in [5.74, 6) is 0.706. The lowest BCUT2D eigenvalue weighted by atomic mass is 10.3. The van der Waals surface area contributed by atoms with Crippen molar-refractivity contribution in [1.82, 2.24) is 29.5 Å². The Bertz CT molecular complexity index is 811.